The van der Waals surface area contributed by atoms with Gasteiger partial charge in [0.1, 0.15) is 16.8 Å². The lowest BCUT2D eigenvalue weighted by Gasteiger charge is -2.08. The Labute approximate surface area is 112 Å². The second-order valence-electron chi connectivity index (χ2n) is 3.00. The lowest BCUT2D eigenvalue weighted by Crippen LogP contribution is -2.08. The van der Waals surface area contributed by atoms with Gasteiger partial charge in [0, 0.05) is 11.9 Å². The molecular formula is C10H11BrClNO4. The van der Waals surface area contributed by atoms with Crippen LogP contribution in [-0.4, -0.2) is 30.6 Å². The Kier molecular flexibility index (Phi) is 6.25. The van der Waals surface area contributed by atoms with E-state index in [0.29, 0.717) is 35.9 Å². The number of halogens is 2. The normalized spacial score (nSPS) is 10.2. The molecule has 0 spiro atoms. The molecule has 7 heteroatoms. The van der Waals surface area contributed by atoms with Gasteiger partial charge in [-0.15, -0.1) is 11.6 Å². The number of ether oxygens (including phenoxy) is 2. The molecule has 0 aliphatic rings. The number of hydrogen-bond donors (Lipinski definition) is 0. The predicted molar refractivity (Wildman–Crippen MR) is 67.8 cm³/mol. The summed E-state index contributed by atoms with van der Waals surface area (Å²) in [6, 6.07) is 4.62. The third-order valence-corrected chi connectivity index (χ3v) is 2.80. The zero-order chi connectivity index (χ0) is 12.7. The number of nitrogens with zero attached hydrogens (tertiary/aromatic N) is 1. The van der Waals surface area contributed by atoms with Crippen molar-refractivity contribution in [2.75, 3.05) is 25.7 Å². The van der Waals surface area contributed by atoms with Gasteiger partial charge in [-0.05, 0) is 22.0 Å². The summed E-state index contributed by atoms with van der Waals surface area (Å²) in [6.45, 7) is 1.17. The number of benzene rings is 1. The number of rotatable bonds is 7. The molecule has 0 heterocycles. The van der Waals surface area contributed by atoms with E-state index in [9.17, 15) is 10.1 Å². The van der Waals surface area contributed by atoms with Crippen LogP contribution in [0.2, 0.25) is 0 Å². The van der Waals surface area contributed by atoms with Crippen LogP contribution in [0.25, 0.3) is 0 Å². The van der Waals surface area contributed by atoms with Crippen molar-refractivity contribution in [2.45, 2.75) is 0 Å². The number of alkyl halides is 1. The van der Waals surface area contributed by atoms with Crippen molar-refractivity contribution in [1.29, 1.82) is 0 Å². The van der Waals surface area contributed by atoms with E-state index >= 15 is 0 Å². The summed E-state index contributed by atoms with van der Waals surface area (Å²) >= 11 is 8.57. The monoisotopic (exact) mass is 323 g/mol. The Hall–Kier alpha value is -0.850. The average molecular weight is 325 g/mol. The largest absolute Gasteiger partial charge is 0.490 e. The molecule has 0 N–H and O–H groups in total. The third-order valence-electron chi connectivity index (χ3n) is 1.85. The molecule has 0 amide bonds. The molecule has 0 fully saturated rings. The van der Waals surface area contributed by atoms with E-state index in [0.717, 1.165) is 0 Å². The molecule has 0 aliphatic carbocycles. The number of nitro groups is 1. The summed E-state index contributed by atoms with van der Waals surface area (Å²) < 4.78 is 10.8. The van der Waals surface area contributed by atoms with Crippen LogP contribution < -0.4 is 4.74 Å². The highest BCUT2D eigenvalue weighted by molar-refractivity contribution is 9.10. The van der Waals surface area contributed by atoms with Crippen molar-refractivity contribution in [1.82, 2.24) is 0 Å². The quantitative estimate of drug-likeness (QED) is 0.335. The lowest BCUT2D eigenvalue weighted by molar-refractivity contribution is -0.385. The second-order valence-corrected chi connectivity index (χ2v) is 4.17. The van der Waals surface area contributed by atoms with E-state index < -0.39 is 4.92 Å². The van der Waals surface area contributed by atoms with Gasteiger partial charge in [-0.3, -0.25) is 10.1 Å². The van der Waals surface area contributed by atoms with Crippen molar-refractivity contribution < 1.29 is 14.4 Å². The van der Waals surface area contributed by atoms with E-state index in [4.69, 9.17) is 21.1 Å². The highest BCUT2D eigenvalue weighted by Crippen LogP contribution is 2.33. The van der Waals surface area contributed by atoms with E-state index in [1.165, 1.54) is 6.07 Å². The van der Waals surface area contributed by atoms with E-state index in [2.05, 4.69) is 15.9 Å². The van der Waals surface area contributed by atoms with Gasteiger partial charge in [0.05, 0.1) is 18.1 Å². The standard InChI is InChI=1S/C10H11BrClNO4/c11-10-8(13(14)15)2-1-3-9(10)17-7-6-16-5-4-12/h1-3H,4-7H2. The van der Waals surface area contributed by atoms with E-state index in [1.807, 2.05) is 0 Å². The molecule has 0 aliphatic heterocycles. The van der Waals surface area contributed by atoms with E-state index in [-0.39, 0.29) is 5.69 Å². The third kappa shape index (κ3) is 4.49. The smallest absolute Gasteiger partial charge is 0.287 e. The highest BCUT2D eigenvalue weighted by Gasteiger charge is 2.15. The fourth-order valence-electron chi connectivity index (χ4n) is 1.12. The molecule has 0 aromatic heterocycles. The highest BCUT2D eigenvalue weighted by atomic mass is 79.9. The summed E-state index contributed by atoms with van der Waals surface area (Å²) in [6.07, 6.45) is 0. The van der Waals surface area contributed by atoms with Gasteiger partial charge in [0.25, 0.3) is 5.69 Å². The summed E-state index contributed by atoms with van der Waals surface area (Å²) in [5.74, 6) is 0.856. The maximum absolute atomic E-state index is 10.7. The van der Waals surface area contributed by atoms with Crippen LogP contribution in [0.3, 0.4) is 0 Å². The fraction of sp³-hybridized carbons (Fsp3) is 0.400. The molecule has 0 unspecified atom stereocenters. The Bertz CT molecular complexity index is 389. The summed E-state index contributed by atoms with van der Waals surface area (Å²) in [4.78, 5) is 10.2. The second kappa shape index (κ2) is 7.47. The molecule has 5 nitrogen and oxygen atoms in total. The zero-order valence-electron chi connectivity index (χ0n) is 8.90. The molecule has 0 saturated carbocycles. The zero-order valence-corrected chi connectivity index (χ0v) is 11.2. The van der Waals surface area contributed by atoms with Crippen molar-refractivity contribution >= 4 is 33.2 Å². The van der Waals surface area contributed by atoms with Gasteiger partial charge in [-0.2, -0.15) is 0 Å². The van der Waals surface area contributed by atoms with Crippen LogP contribution in [-0.2, 0) is 4.74 Å². The Morgan fingerprint density at radius 1 is 1.35 bits per heavy atom. The minimum Gasteiger partial charge on any atom is -0.490 e. The van der Waals surface area contributed by atoms with Crippen LogP contribution in [0.1, 0.15) is 0 Å². The Morgan fingerprint density at radius 3 is 2.76 bits per heavy atom. The first-order valence-corrected chi connectivity index (χ1v) is 6.19. The van der Waals surface area contributed by atoms with Gasteiger partial charge >= 0.3 is 0 Å². The van der Waals surface area contributed by atoms with Gasteiger partial charge in [0.2, 0.25) is 0 Å². The topological polar surface area (TPSA) is 61.6 Å². The Balaban J connectivity index is 2.54. The van der Waals surface area contributed by atoms with Crippen LogP contribution >= 0.6 is 27.5 Å². The van der Waals surface area contributed by atoms with Crippen molar-refractivity contribution in [3.63, 3.8) is 0 Å². The first kappa shape index (κ1) is 14.2. The predicted octanol–water partition coefficient (Wildman–Crippen LogP) is 2.99. The number of nitro benzene ring substituents is 1. The maximum Gasteiger partial charge on any atom is 0.287 e. The minimum atomic E-state index is -0.471. The molecule has 0 bridgehead atoms. The first-order valence-electron chi connectivity index (χ1n) is 4.86. The van der Waals surface area contributed by atoms with E-state index in [1.54, 1.807) is 12.1 Å². The lowest BCUT2D eigenvalue weighted by atomic mass is 10.3. The summed E-state index contributed by atoms with van der Waals surface area (Å²) in [5.41, 5.74) is -0.0239. The van der Waals surface area contributed by atoms with Crippen molar-refractivity contribution in [3.8, 4) is 5.75 Å². The summed E-state index contributed by atoms with van der Waals surface area (Å²) in [7, 11) is 0. The first-order chi connectivity index (χ1) is 8.16. The van der Waals surface area contributed by atoms with Gasteiger partial charge in [0.15, 0.2) is 0 Å². The van der Waals surface area contributed by atoms with Gasteiger partial charge in [-0.1, -0.05) is 6.07 Å². The molecule has 0 saturated heterocycles. The average Bonchev–Trinajstić information content (AvgIpc) is 2.30. The number of hydrogen-bond acceptors (Lipinski definition) is 4. The SMILES string of the molecule is O=[N+]([O-])c1cccc(OCCOCCCl)c1Br. The van der Waals surface area contributed by atoms with Crippen LogP contribution in [0.4, 0.5) is 5.69 Å². The van der Waals surface area contributed by atoms with Gasteiger partial charge in [-0.25, -0.2) is 0 Å². The minimum absolute atomic E-state index is 0.0239. The van der Waals surface area contributed by atoms with Crippen molar-refractivity contribution in [2.24, 2.45) is 0 Å². The van der Waals surface area contributed by atoms with Gasteiger partial charge < -0.3 is 9.47 Å². The molecule has 1 aromatic rings. The molecule has 17 heavy (non-hydrogen) atoms. The van der Waals surface area contributed by atoms with Crippen LogP contribution in [0, 0.1) is 10.1 Å². The molecule has 0 atom stereocenters. The summed E-state index contributed by atoms with van der Waals surface area (Å²) in [5, 5.41) is 10.7. The molecule has 94 valence electrons. The molecule has 0 radical (unpaired) electrons. The molecule has 1 rings (SSSR count). The maximum atomic E-state index is 10.7. The molecule has 1 aromatic carbocycles. The Morgan fingerprint density at radius 2 is 2.12 bits per heavy atom. The van der Waals surface area contributed by atoms with Crippen LogP contribution in [0.15, 0.2) is 22.7 Å². The van der Waals surface area contributed by atoms with Crippen molar-refractivity contribution in [3.05, 3.63) is 32.8 Å². The van der Waals surface area contributed by atoms with Crippen LogP contribution in [0.5, 0.6) is 5.75 Å². The fourth-order valence-corrected chi connectivity index (χ4v) is 1.75. The molecular weight excluding hydrogens is 313 g/mol.